The van der Waals surface area contributed by atoms with E-state index in [4.69, 9.17) is 4.74 Å². The molecule has 0 spiro atoms. The minimum atomic E-state index is -0.541. The highest BCUT2D eigenvalue weighted by molar-refractivity contribution is 5.97. The highest BCUT2D eigenvalue weighted by Gasteiger charge is 2.27. The molecule has 3 aliphatic rings. The molecule has 0 radical (unpaired) electrons. The Morgan fingerprint density at radius 1 is 1.00 bits per heavy atom. The van der Waals surface area contributed by atoms with Crippen molar-refractivity contribution in [3.8, 4) is 0 Å². The van der Waals surface area contributed by atoms with Gasteiger partial charge in [-0.05, 0) is 60.6 Å². The topological polar surface area (TPSA) is 65.0 Å². The van der Waals surface area contributed by atoms with Crippen molar-refractivity contribution >= 4 is 11.6 Å². The van der Waals surface area contributed by atoms with Gasteiger partial charge in [0.15, 0.2) is 0 Å². The summed E-state index contributed by atoms with van der Waals surface area (Å²) in [5, 5.41) is 14.3. The van der Waals surface area contributed by atoms with E-state index in [1.807, 2.05) is 17.0 Å². The maximum absolute atomic E-state index is 13.1. The summed E-state index contributed by atoms with van der Waals surface area (Å²) in [5.74, 6) is 0.0342. The molecule has 2 aromatic rings. The predicted octanol–water partition coefficient (Wildman–Crippen LogP) is 2.70. The largest absolute Gasteiger partial charge is 0.390 e. The van der Waals surface area contributed by atoms with E-state index in [-0.39, 0.29) is 5.91 Å². The van der Waals surface area contributed by atoms with Gasteiger partial charge in [0.1, 0.15) is 0 Å². The molecular formula is C26H33N3O3. The second-order valence-corrected chi connectivity index (χ2v) is 9.31. The zero-order valence-corrected chi connectivity index (χ0v) is 18.6. The van der Waals surface area contributed by atoms with E-state index in [0.29, 0.717) is 25.7 Å². The van der Waals surface area contributed by atoms with Crippen molar-refractivity contribution in [1.29, 1.82) is 0 Å². The summed E-state index contributed by atoms with van der Waals surface area (Å²) in [6, 6.07) is 15.1. The van der Waals surface area contributed by atoms with Crippen molar-refractivity contribution < 1.29 is 14.6 Å². The fourth-order valence-corrected chi connectivity index (χ4v) is 5.20. The van der Waals surface area contributed by atoms with E-state index in [1.54, 1.807) is 0 Å². The van der Waals surface area contributed by atoms with Crippen molar-refractivity contribution in [2.45, 2.75) is 44.4 Å². The highest BCUT2D eigenvalue weighted by atomic mass is 16.5. The van der Waals surface area contributed by atoms with Gasteiger partial charge in [-0.15, -0.1) is 0 Å². The Bertz CT molecular complexity index is 957. The Balaban J connectivity index is 1.16. The number of nitrogens with one attached hydrogen (secondary N) is 1. The summed E-state index contributed by atoms with van der Waals surface area (Å²) in [4.78, 5) is 17.2. The zero-order chi connectivity index (χ0) is 21.9. The van der Waals surface area contributed by atoms with Crippen molar-refractivity contribution in [3.63, 3.8) is 0 Å². The fraction of sp³-hybridized carbons (Fsp3) is 0.500. The lowest BCUT2D eigenvalue weighted by molar-refractivity contribution is 0.0493. The van der Waals surface area contributed by atoms with Crippen LogP contribution in [0.15, 0.2) is 42.5 Å². The second-order valence-electron chi connectivity index (χ2n) is 9.31. The van der Waals surface area contributed by atoms with Crippen molar-refractivity contribution in [1.82, 2.24) is 9.80 Å². The molecule has 2 aromatic carbocycles. The van der Waals surface area contributed by atoms with Gasteiger partial charge >= 0.3 is 0 Å². The molecule has 32 heavy (non-hydrogen) atoms. The number of hydrogen-bond donors (Lipinski definition) is 2. The second kappa shape index (κ2) is 9.61. The van der Waals surface area contributed by atoms with Gasteiger partial charge in [0.2, 0.25) is 0 Å². The third kappa shape index (κ3) is 4.82. The number of carbonyl (C=O) groups excluding carboxylic acids is 1. The van der Waals surface area contributed by atoms with Gasteiger partial charge in [-0.2, -0.15) is 0 Å². The molecule has 1 fully saturated rings. The van der Waals surface area contributed by atoms with Crippen LogP contribution in [0.3, 0.4) is 0 Å². The number of fused-ring (bicyclic) bond motifs is 2. The van der Waals surface area contributed by atoms with Crippen molar-refractivity contribution in [3.05, 3.63) is 64.7 Å². The Kier molecular flexibility index (Phi) is 6.44. The van der Waals surface area contributed by atoms with Crippen molar-refractivity contribution in [2.24, 2.45) is 0 Å². The Morgan fingerprint density at radius 3 is 2.62 bits per heavy atom. The Hall–Kier alpha value is -2.41. The van der Waals surface area contributed by atoms with Crippen LogP contribution in [0.5, 0.6) is 0 Å². The number of hydrogen-bond acceptors (Lipinski definition) is 5. The van der Waals surface area contributed by atoms with Crippen LogP contribution in [-0.2, 0) is 24.1 Å². The van der Waals surface area contributed by atoms with Gasteiger partial charge in [0.25, 0.3) is 5.91 Å². The molecule has 5 rings (SSSR count). The number of rotatable bonds is 6. The minimum Gasteiger partial charge on any atom is -0.390 e. The van der Waals surface area contributed by atoms with E-state index < -0.39 is 6.10 Å². The number of anilines is 1. The number of aliphatic hydroxyl groups excluding tert-OH is 1. The molecule has 1 saturated heterocycles. The molecule has 1 amide bonds. The average molecular weight is 436 g/mol. The molecule has 6 nitrogen and oxygen atoms in total. The number of benzene rings is 2. The first kappa shape index (κ1) is 21.4. The van der Waals surface area contributed by atoms with Crippen LogP contribution in [0, 0.1) is 0 Å². The highest BCUT2D eigenvalue weighted by Crippen LogP contribution is 2.25. The smallest absolute Gasteiger partial charge is 0.254 e. The van der Waals surface area contributed by atoms with Crippen LogP contribution in [-0.4, -0.2) is 72.4 Å². The number of amides is 1. The van der Waals surface area contributed by atoms with Crippen LogP contribution >= 0.6 is 0 Å². The van der Waals surface area contributed by atoms with Crippen LogP contribution in [0.25, 0.3) is 0 Å². The van der Waals surface area contributed by atoms with Gasteiger partial charge in [0, 0.05) is 63.2 Å². The van der Waals surface area contributed by atoms with Crippen LogP contribution in [0.4, 0.5) is 5.69 Å². The fourth-order valence-electron chi connectivity index (χ4n) is 5.20. The van der Waals surface area contributed by atoms with E-state index in [9.17, 15) is 9.90 Å². The standard InChI is InChI=1S/C26H33N3O3/c30-24(17-28-11-7-19-3-1-2-4-21(19)16-28)18-29-12-8-20-15-23(5-6-25(20)26(29)31)27-22-9-13-32-14-10-22/h1-6,15,22,24,27,30H,7-14,16-18H2/t24-/m1/s1. The first-order valence-electron chi connectivity index (χ1n) is 11.9. The molecule has 170 valence electrons. The van der Waals surface area contributed by atoms with Crippen molar-refractivity contribution in [2.75, 3.05) is 44.7 Å². The number of aliphatic hydroxyl groups is 1. The third-order valence-electron chi connectivity index (χ3n) is 6.98. The molecule has 0 saturated carbocycles. The molecule has 2 N–H and O–H groups in total. The maximum atomic E-state index is 13.1. The molecule has 3 aliphatic heterocycles. The van der Waals surface area contributed by atoms with E-state index in [0.717, 1.165) is 68.8 Å². The lowest BCUT2D eigenvalue weighted by Gasteiger charge is -2.34. The van der Waals surface area contributed by atoms with Gasteiger partial charge in [0.05, 0.1) is 6.10 Å². The Labute approximate surface area is 190 Å². The summed E-state index contributed by atoms with van der Waals surface area (Å²) in [6.07, 6.45) is 3.34. The quantitative estimate of drug-likeness (QED) is 0.731. The summed E-state index contributed by atoms with van der Waals surface area (Å²) < 4.78 is 5.44. The molecule has 1 atom stereocenters. The minimum absolute atomic E-state index is 0.0342. The maximum Gasteiger partial charge on any atom is 0.254 e. The van der Waals surface area contributed by atoms with Crippen LogP contribution in [0.1, 0.15) is 39.9 Å². The zero-order valence-electron chi connectivity index (χ0n) is 18.6. The van der Waals surface area contributed by atoms with E-state index >= 15 is 0 Å². The molecule has 0 aromatic heterocycles. The molecule has 3 heterocycles. The lowest BCUT2D eigenvalue weighted by atomic mass is 9.97. The average Bonchev–Trinajstić information content (AvgIpc) is 2.81. The summed E-state index contributed by atoms with van der Waals surface area (Å²) in [5.41, 5.74) is 5.71. The predicted molar refractivity (Wildman–Crippen MR) is 125 cm³/mol. The monoisotopic (exact) mass is 435 g/mol. The number of carbonyl (C=O) groups is 1. The molecule has 6 heteroatoms. The van der Waals surface area contributed by atoms with Gasteiger partial charge in [-0.3, -0.25) is 9.69 Å². The lowest BCUT2D eigenvalue weighted by Crippen LogP contribution is -2.46. The number of nitrogens with zero attached hydrogens (tertiary/aromatic N) is 2. The normalized spacial score (nSPS) is 20.5. The SMILES string of the molecule is O=C1c2ccc(NC3CCOCC3)cc2CCN1C[C@H](O)CN1CCc2ccccc2C1. The molecule has 0 bridgehead atoms. The van der Waals surface area contributed by atoms with Gasteiger partial charge in [-0.1, -0.05) is 24.3 Å². The van der Waals surface area contributed by atoms with Gasteiger partial charge in [-0.25, -0.2) is 0 Å². The molecule has 0 aliphatic carbocycles. The first-order valence-corrected chi connectivity index (χ1v) is 11.9. The number of ether oxygens (including phenoxy) is 1. The molecular weight excluding hydrogens is 402 g/mol. The Morgan fingerprint density at radius 2 is 1.78 bits per heavy atom. The first-order chi connectivity index (χ1) is 15.7. The van der Waals surface area contributed by atoms with Gasteiger partial charge < -0.3 is 20.1 Å². The summed E-state index contributed by atoms with van der Waals surface area (Å²) in [7, 11) is 0. The van der Waals surface area contributed by atoms with Crippen LogP contribution < -0.4 is 5.32 Å². The van der Waals surface area contributed by atoms with E-state index in [1.165, 1.54) is 11.1 Å². The number of β-amino-alcohol motifs (C(OH)–C–C–N with tert-alkyl or cyclic N) is 1. The van der Waals surface area contributed by atoms with Crippen LogP contribution in [0.2, 0.25) is 0 Å². The summed E-state index contributed by atoms with van der Waals surface area (Å²) in [6.45, 7) is 5.08. The molecule has 0 unspecified atom stereocenters. The third-order valence-corrected chi connectivity index (χ3v) is 6.98. The summed E-state index contributed by atoms with van der Waals surface area (Å²) >= 11 is 0. The van der Waals surface area contributed by atoms with E-state index in [2.05, 4.69) is 40.5 Å².